The summed E-state index contributed by atoms with van der Waals surface area (Å²) in [5, 5.41) is 7.10. The van der Waals surface area contributed by atoms with Gasteiger partial charge in [-0.25, -0.2) is 0 Å². The fraction of sp³-hybridized carbons (Fsp3) is 0.429. The summed E-state index contributed by atoms with van der Waals surface area (Å²) < 4.78 is 10.4. The van der Waals surface area contributed by atoms with Crippen molar-refractivity contribution in [3.63, 3.8) is 0 Å². The predicted octanol–water partition coefficient (Wildman–Crippen LogP) is 2.11. The Hall–Kier alpha value is -1.88. The minimum Gasteiger partial charge on any atom is -0.494 e. The maximum Gasteiger partial charge on any atom is 0.227 e. The lowest BCUT2D eigenvalue weighted by molar-refractivity contribution is 0.340. The van der Waals surface area contributed by atoms with Crippen LogP contribution in [-0.4, -0.2) is 23.3 Å². The normalized spacial score (nSPS) is 10.6. The molecule has 0 spiro atoms. The lowest BCUT2D eigenvalue weighted by Gasteiger charge is -2.05. The fourth-order valence-corrected chi connectivity index (χ4v) is 1.74. The van der Waals surface area contributed by atoms with E-state index in [1.807, 2.05) is 26.0 Å². The third kappa shape index (κ3) is 4.37. The van der Waals surface area contributed by atoms with Gasteiger partial charge in [-0.1, -0.05) is 17.3 Å². The maximum atomic E-state index is 5.40. The Balaban J connectivity index is 1.70. The van der Waals surface area contributed by atoms with Gasteiger partial charge < -0.3 is 14.6 Å². The molecule has 19 heavy (non-hydrogen) atoms. The topological polar surface area (TPSA) is 60.2 Å². The molecule has 1 aromatic carbocycles. The lowest BCUT2D eigenvalue weighted by atomic mass is 10.2. The average molecular weight is 261 g/mol. The van der Waals surface area contributed by atoms with Gasteiger partial charge in [-0.15, -0.1) is 0 Å². The molecule has 0 bridgehead atoms. The van der Waals surface area contributed by atoms with Crippen molar-refractivity contribution >= 4 is 0 Å². The molecule has 0 saturated heterocycles. The van der Waals surface area contributed by atoms with Crippen LogP contribution in [-0.2, 0) is 13.0 Å². The van der Waals surface area contributed by atoms with Gasteiger partial charge >= 0.3 is 0 Å². The van der Waals surface area contributed by atoms with E-state index in [0.717, 1.165) is 25.3 Å². The summed E-state index contributed by atoms with van der Waals surface area (Å²) in [6, 6.07) is 8.10. The van der Waals surface area contributed by atoms with Gasteiger partial charge in [-0.05, 0) is 31.5 Å². The molecule has 0 atom stereocenters. The van der Waals surface area contributed by atoms with E-state index in [4.69, 9.17) is 9.26 Å². The summed E-state index contributed by atoms with van der Waals surface area (Å²) in [6.07, 6.45) is 0.748. The van der Waals surface area contributed by atoms with E-state index in [0.29, 0.717) is 18.3 Å². The molecule has 102 valence electrons. The number of aryl methyl sites for hydroxylation is 1. The lowest BCUT2D eigenvalue weighted by Crippen LogP contribution is -2.16. The van der Waals surface area contributed by atoms with Crippen molar-refractivity contribution < 1.29 is 9.26 Å². The largest absolute Gasteiger partial charge is 0.494 e. The summed E-state index contributed by atoms with van der Waals surface area (Å²) in [7, 11) is 0. The van der Waals surface area contributed by atoms with Crippen LogP contribution >= 0.6 is 0 Å². The third-order valence-corrected chi connectivity index (χ3v) is 2.65. The smallest absolute Gasteiger partial charge is 0.227 e. The van der Waals surface area contributed by atoms with Gasteiger partial charge in [-0.2, -0.15) is 4.98 Å². The van der Waals surface area contributed by atoms with Crippen LogP contribution in [0.2, 0.25) is 0 Å². The summed E-state index contributed by atoms with van der Waals surface area (Å²) in [4.78, 5) is 4.15. The molecular formula is C14H19N3O2. The first-order chi connectivity index (χ1) is 9.28. The Bertz CT molecular complexity index is 494. The molecular weight excluding hydrogens is 242 g/mol. The van der Waals surface area contributed by atoms with Crippen molar-refractivity contribution in [3.8, 4) is 5.75 Å². The first kappa shape index (κ1) is 13.5. The van der Waals surface area contributed by atoms with Crippen molar-refractivity contribution in [1.29, 1.82) is 0 Å². The number of aromatic nitrogens is 2. The quantitative estimate of drug-likeness (QED) is 0.773. The summed E-state index contributed by atoms with van der Waals surface area (Å²) >= 11 is 0. The third-order valence-electron chi connectivity index (χ3n) is 2.65. The zero-order chi connectivity index (χ0) is 13.5. The van der Waals surface area contributed by atoms with E-state index in [-0.39, 0.29) is 0 Å². The van der Waals surface area contributed by atoms with Gasteiger partial charge in [0.1, 0.15) is 5.75 Å². The Labute approximate surface area is 113 Å². The summed E-state index contributed by atoms with van der Waals surface area (Å²) in [6.45, 7) is 6.13. The molecule has 1 aromatic heterocycles. The van der Waals surface area contributed by atoms with Crippen LogP contribution < -0.4 is 10.1 Å². The SMILES string of the molecule is CCOc1ccc(CNCCc2nc(C)no2)cc1. The molecule has 0 fully saturated rings. The number of nitrogens with zero attached hydrogens (tertiary/aromatic N) is 2. The second kappa shape index (κ2) is 6.89. The standard InChI is InChI=1S/C14H19N3O2/c1-3-18-13-6-4-12(5-7-13)10-15-9-8-14-16-11(2)17-19-14/h4-7,15H,3,8-10H2,1-2H3. The maximum absolute atomic E-state index is 5.40. The highest BCUT2D eigenvalue weighted by molar-refractivity contribution is 5.27. The van der Waals surface area contributed by atoms with Crippen LogP contribution in [0, 0.1) is 6.92 Å². The molecule has 0 saturated carbocycles. The number of rotatable bonds is 7. The first-order valence-corrected chi connectivity index (χ1v) is 6.49. The molecule has 0 unspecified atom stereocenters. The van der Waals surface area contributed by atoms with E-state index in [2.05, 4.69) is 27.6 Å². The van der Waals surface area contributed by atoms with E-state index in [1.165, 1.54) is 5.56 Å². The summed E-state index contributed by atoms with van der Waals surface area (Å²) in [5.41, 5.74) is 1.23. The molecule has 5 heteroatoms. The predicted molar refractivity (Wildman–Crippen MR) is 72.1 cm³/mol. The van der Waals surface area contributed by atoms with Crippen LogP contribution in [0.4, 0.5) is 0 Å². The van der Waals surface area contributed by atoms with Crippen LogP contribution in [0.15, 0.2) is 28.8 Å². The van der Waals surface area contributed by atoms with Gasteiger partial charge in [0, 0.05) is 19.5 Å². The monoisotopic (exact) mass is 261 g/mol. The van der Waals surface area contributed by atoms with Gasteiger partial charge in [0.05, 0.1) is 6.61 Å². The minimum atomic E-state index is 0.677. The zero-order valence-electron chi connectivity index (χ0n) is 11.3. The van der Waals surface area contributed by atoms with Crippen molar-refractivity contribution in [3.05, 3.63) is 41.5 Å². The first-order valence-electron chi connectivity index (χ1n) is 6.49. The molecule has 0 amide bonds. The molecule has 2 aromatic rings. The highest BCUT2D eigenvalue weighted by Crippen LogP contribution is 2.11. The molecule has 0 aliphatic rings. The number of hydrogen-bond acceptors (Lipinski definition) is 5. The Morgan fingerprint density at radius 3 is 2.68 bits per heavy atom. The van der Waals surface area contributed by atoms with Gasteiger partial charge in [-0.3, -0.25) is 0 Å². The van der Waals surface area contributed by atoms with Crippen molar-refractivity contribution in [2.75, 3.05) is 13.2 Å². The number of ether oxygens (including phenoxy) is 1. The van der Waals surface area contributed by atoms with E-state index in [1.54, 1.807) is 0 Å². The second-order valence-corrected chi connectivity index (χ2v) is 4.24. The van der Waals surface area contributed by atoms with Gasteiger partial charge in [0.2, 0.25) is 5.89 Å². The minimum absolute atomic E-state index is 0.677. The van der Waals surface area contributed by atoms with Crippen LogP contribution in [0.3, 0.4) is 0 Å². The van der Waals surface area contributed by atoms with Gasteiger partial charge in [0.15, 0.2) is 5.82 Å². The molecule has 0 aliphatic carbocycles. The van der Waals surface area contributed by atoms with Crippen molar-refractivity contribution in [2.24, 2.45) is 0 Å². The summed E-state index contributed by atoms with van der Waals surface area (Å²) in [5.74, 6) is 2.27. The fourth-order valence-electron chi connectivity index (χ4n) is 1.74. The average Bonchev–Trinajstić information content (AvgIpc) is 2.83. The second-order valence-electron chi connectivity index (χ2n) is 4.24. The van der Waals surface area contributed by atoms with Crippen LogP contribution in [0.25, 0.3) is 0 Å². The molecule has 0 radical (unpaired) electrons. The highest BCUT2D eigenvalue weighted by Gasteiger charge is 2.01. The molecule has 2 rings (SSSR count). The Kier molecular flexibility index (Phi) is 4.92. The van der Waals surface area contributed by atoms with E-state index >= 15 is 0 Å². The number of hydrogen-bond donors (Lipinski definition) is 1. The zero-order valence-corrected chi connectivity index (χ0v) is 11.3. The van der Waals surface area contributed by atoms with Gasteiger partial charge in [0.25, 0.3) is 0 Å². The number of nitrogens with one attached hydrogen (secondary N) is 1. The van der Waals surface area contributed by atoms with Crippen LogP contribution in [0.1, 0.15) is 24.2 Å². The van der Waals surface area contributed by atoms with E-state index < -0.39 is 0 Å². The van der Waals surface area contributed by atoms with Crippen LogP contribution in [0.5, 0.6) is 5.75 Å². The molecule has 1 N–H and O–H groups in total. The number of benzene rings is 1. The molecule has 1 heterocycles. The van der Waals surface area contributed by atoms with Crippen molar-refractivity contribution in [2.45, 2.75) is 26.8 Å². The van der Waals surface area contributed by atoms with E-state index in [9.17, 15) is 0 Å². The highest BCUT2D eigenvalue weighted by atomic mass is 16.5. The molecule has 5 nitrogen and oxygen atoms in total. The Morgan fingerprint density at radius 2 is 2.05 bits per heavy atom. The van der Waals surface area contributed by atoms with Crippen molar-refractivity contribution in [1.82, 2.24) is 15.5 Å². The Morgan fingerprint density at radius 1 is 1.26 bits per heavy atom. The molecule has 0 aliphatic heterocycles.